The van der Waals surface area contributed by atoms with Crippen LogP contribution in [0.1, 0.15) is 42.8 Å². The van der Waals surface area contributed by atoms with Crippen molar-refractivity contribution in [1.82, 2.24) is 35.1 Å². The molecule has 0 spiro atoms. The molecule has 10 nitrogen and oxygen atoms in total. The van der Waals surface area contributed by atoms with Crippen LogP contribution in [-0.4, -0.2) is 62.6 Å². The summed E-state index contributed by atoms with van der Waals surface area (Å²) in [5.74, 6) is 1.94. The van der Waals surface area contributed by atoms with Crippen LogP contribution in [0.15, 0.2) is 10.9 Å². The van der Waals surface area contributed by atoms with Gasteiger partial charge in [0.15, 0.2) is 5.82 Å². The van der Waals surface area contributed by atoms with E-state index in [4.69, 9.17) is 9.26 Å². The Hall–Kier alpha value is -2.49. The SMILES string of the molecule is COCCc1noc([C@@H]2CCCCN2C(=O)NCCc2nncn2C)n1. The van der Waals surface area contributed by atoms with E-state index in [0.29, 0.717) is 44.3 Å². The van der Waals surface area contributed by atoms with Crippen LogP contribution in [0.4, 0.5) is 4.79 Å². The fraction of sp³-hybridized carbons (Fsp3) is 0.688. The molecule has 2 amide bonds. The molecule has 1 aliphatic rings. The summed E-state index contributed by atoms with van der Waals surface area (Å²) < 4.78 is 12.3. The number of urea groups is 1. The Kier molecular flexibility index (Phi) is 6.16. The normalized spacial score (nSPS) is 17.5. The zero-order chi connectivity index (χ0) is 18.4. The van der Waals surface area contributed by atoms with Gasteiger partial charge in [0.05, 0.1) is 6.61 Å². The average Bonchev–Trinajstić information content (AvgIpc) is 3.29. The van der Waals surface area contributed by atoms with Gasteiger partial charge in [0.25, 0.3) is 0 Å². The van der Waals surface area contributed by atoms with Gasteiger partial charge in [-0.1, -0.05) is 5.16 Å². The van der Waals surface area contributed by atoms with Crippen molar-refractivity contribution in [1.29, 1.82) is 0 Å². The predicted molar refractivity (Wildman–Crippen MR) is 91.3 cm³/mol. The predicted octanol–water partition coefficient (Wildman–Crippen LogP) is 0.866. The maximum atomic E-state index is 12.6. The van der Waals surface area contributed by atoms with Crippen molar-refractivity contribution in [2.45, 2.75) is 38.1 Å². The minimum absolute atomic E-state index is 0.117. The first kappa shape index (κ1) is 18.3. The van der Waals surface area contributed by atoms with Crippen LogP contribution in [0.5, 0.6) is 0 Å². The standard InChI is InChI=1S/C16H25N7O3/c1-22-11-18-20-14(22)6-8-17-16(24)23-9-4-3-5-12(23)15-19-13(21-26-15)7-10-25-2/h11-12H,3-10H2,1-2H3,(H,17,24)/t12-/m0/s1. The lowest BCUT2D eigenvalue weighted by Crippen LogP contribution is -2.45. The first-order chi connectivity index (χ1) is 12.7. The maximum absolute atomic E-state index is 12.6. The largest absolute Gasteiger partial charge is 0.384 e. The molecule has 0 radical (unpaired) electrons. The van der Waals surface area contributed by atoms with Crippen LogP contribution in [0.3, 0.4) is 0 Å². The average molecular weight is 363 g/mol. The van der Waals surface area contributed by atoms with Crippen LogP contribution in [0.25, 0.3) is 0 Å². The summed E-state index contributed by atoms with van der Waals surface area (Å²) in [5, 5.41) is 14.8. The Morgan fingerprint density at radius 1 is 1.42 bits per heavy atom. The van der Waals surface area contributed by atoms with Crippen molar-refractivity contribution in [3.8, 4) is 0 Å². The Labute approximate surface area is 151 Å². The topological polar surface area (TPSA) is 111 Å². The minimum atomic E-state index is -0.178. The first-order valence-electron chi connectivity index (χ1n) is 8.88. The van der Waals surface area contributed by atoms with Gasteiger partial charge in [-0.2, -0.15) is 4.98 Å². The minimum Gasteiger partial charge on any atom is -0.384 e. The van der Waals surface area contributed by atoms with Crippen molar-refractivity contribution < 1.29 is 14.1 Å². The Bertz CT molecular complexity index is 714. The molecule has 0 aromatic carbocycles. The molecule has 1 atom stereocenters. The lowest BCUT2D eigenvalue weighted by molar-refractivity contribution is 0.132. The summed E-state index contributed by atoms with van der Waals surface area (Å²) in [7, 11) is 3.52. The van der Waals surface area contributed by atoms with Crippen LogP contribution in [0, 0.1) is 0 Å². The summed E-state index contributed by atoms with van der Waals surface area (Å²) in [4.78, 5) is 18.9. The molecule has 1 N–H and O–H groups in total. The number of hydrogen-bond donors (Lipinski definition) is 1. The maximum Gasteiger partial charge on any atom is 0.318 e. The number of ether oxygens (including phenoxy) is 1. The van der Waals surface area contributed by atoms with Crippen LogP contribution < -0.4 is 5.32 Å². The summed E-state index contributed by atoms with van der Waals surface area (Å²) in [6.45, 7) is 1.71. The molecule has 0 bridgehead atoms. The molecule has 0 unspecified atom stereocenters. The van der Waals surface area contributed by atoms with Crippen LogP contribution in [0.2, 0.25) is 0 Å². The van der Waals surface area contributed by atoms with Gasteiger partial charge in [0.1, 0.15) is 18.2 Å². The van der Waals surface area contributed by atoms with Crippen LogP contribution in [-0.2, 0) is 24.6 Å². The molecule has 0 aliphatic carbocycles. The Morgan fingerprint density at radius 3 is 3.08 bits per heavy atom. The highest BCUT2D eigenvalue weighted by atomic mass is 16.5. The van der Waals surface area contributed by atoms with Crippen molar-refractivity contribution >= 4 is 6.03 Å². The molecule has 1 saturated heterocycles. The smallest absolute Gasteiger partial charge is 0.318 e. The van der Waals surface area contributed by atoms with Gasteiger partial charge in [-0.25, -0.2) is 4.79 Å². The van der Waals surface area contributed by atoms with Gasteiger partial charge in [0, 0.05) is 40.1 Å². The number of rotatable bonds is 7. The molecule has 142 valence electrons. The first-order valence-corrected chi connectivity index (χ1v) is 8.88. The van der Waals surface area contributed by atoms with E-state index in [1.807, 2.05) is 11.6 Å². The number of amides is 2. The van der Waals surface area contributed by atoms with Gasteiger partial charge in [-0.3, -0.25) is 0 Å². The molecule has 26 heavy (non-hydrogen) atoms. The molecular formula is C16H25N7O3. The van der Waals surface area contributed by atoms with Crippen molar-refractivity contribution in [2.24, 2.45) is 7.05 Å². The van der Waals surface area contributed by atoms with Crippen LogP contribution >= 0.6 is 0 Å². The number of carbonyl (C=O) groups excluding carboxylic acids is 1. The Balaban J connectivity index is 1.58. The van der Waals surface area contributed by atoms with Crippen molar-refractivity contribution in [2.75, 3.05) is 26.8 Å². The highest BCUT2D eigenvalue weighted by Crippen LogP contribution is 2.29. The number of aryl methyl sites for hydroxylation is 1. The van der Waals surface area contributed by atoms with E-state index in [1.54, 1.807) is 18.3 Å². The molecular weight excluding hydrogens is 338 g/mol. The van der Waals surface area contributed by atoms with E-state index >= 15 is 0 Å². The fourth-order valence-corrected chi connectivity index (χ4v) is 3.05. The summed E-state index contributed by atoms with van der Waals surface area (Å²) >= 11 is 0. The lowest BCUT2D eigenvalue weighted by atomic mass is 10.0. The Morgan fingerprint density at radius 2 is 2.31 bits per heavy atom. The number of methoxy groups -OCH3 is 1. The zero-order valence-electron chi connectivity index (χ0n) is 15.2. The summed E-state index contributed by atoms with van der Waals surface area (Å²) in [6, 6.07) is -0.295. The van der Waals surface area contributed by atoms with E-state index in [9.17, 15) is 4.79 Å². The second-order valence-corrected chi connectivity index (χ2v) is 6.34. The number of aromatic nitrogens is 5. The number of piperidine rings is 1. The summed E-state index contributed by atoms with van der Waals surface area (Å²) in [6.07, 6.45) is 5.69. The molecule has 2 aromatic heterocycles. The van der Waals surface area contributed by atoms with Crippen molar-refractivity contribution in [3.63, 3.8) is 0 Å². The van der Waals surface area contributed by atoms with E-state index < -0.39 is 0 Å². The van der Waals surface area contributed by atoms with E-state index in [-0.39, 0.29) is 12.1 Å². The molecule has 0 saturated carbocycles. The third kappa shape index (κ3) is 4.37. The number of nitrogens with zero attached hydrogens (tertiary/aromatic N) is 6. The van der Waals surface area contributed by atoms with Crippen molar-refractivity contribution in [3.05, 3.63) is 23.9 Å². The third-order valence-electron chi connectivity index (χ3n) is 4.49. The number of hydrogen-bond acceptors (Lipinski definition) is 7. The fourth-order valence-electron chi connectivity index (χ4n) is 3.05. The second kappa shape index (κ2) is 8.75. The summed E-state index contributed by atoms with van der Waals surface area (Å²) in [5.41, 5.74) is 0. The van der Waals surface area contributed by atoms with E-state index in [1.165, 1.54) is 0 Å². The molecule has 3 heterocycles. The number of carbonyl (C=O) groups is 1. The van der Waals surface area contributed by atoms with Gasteiger partial charge < -0.3 is 24.0 Å². The monoisotopic (exact) mass is 363 g/mol. The number of nitrogens with one attached hydrogen (secondary N) is 1. The van der Waals surface area contributed by atoms with Gasteiger partial charge in [-0.15, -0.1) is 10.2 Å². The molecule has 1 fully saturated rings. The third-order valence-corrected chi connectivity index (χ3v) is 4.49. The van der Waals surface area contributed by atoms with Gasteiger partial charge in [0.2, 0.25) is 5.89 Å². The van der Waals surface area contributed by atoms with E-state index in [0.717, 1.165) is 25.1 Å². The molecule has 10 heteroatoms. The number of likely N-dealkylation sites (tertiary alicyclic amines) is 1. The van der Waals surface area contributed by atoms with Gasteiger partial charge in [-0.05, 0) is 19.3 Å². The lowest BCUT2D eigenvalue weighted by Gasteiger charge is -2.33. The quantitative estimate of drug-likeness (QED) is 0.777. The highest BCUT2D eigenvalue weighted by molar-refractivity contribution is 5.74. The molecule has 2 aromatic rings. The van der Waals surface area contributed by atoms with Gasteiger partial charge >= 0.3 is 6.03 Å². The highest BCUT2D eigenvalue weighted by Gasteiger charge is 2.32. The molecule has 1 aliphatic heterocycles. The second-order valence-electron chi connectivity index (χ2n) is 6.34. The molecule has 3 rings (SSSR count). The van der Waals surface area contributed by atoms with E-state index in [2.05, 4.69) is 25.7 Å². The zero-order valence-corrected chi connectivity index (χ0v) is 15.2.